The van der Waals surface area contributed by atoms with Gasteiger partial charge < -0.3 is 14.9 Å². The summed E-state index contributed by atoms with van der Waals surface area (Å²) < 4.78 is 1.97. The molecule has 130 valence electrons. The largest absolute Gasteiger partial charge is 0.340 e. The van der Waals surface area contributed by atoms with E-state index in [-0.39, 0.29) is 11.6 Å². The first-order valence-electron chi connectivity index (χ1n) is 8.38. The van der Waals surface area contributed by atoms with Gasteiger partial charge in [0, 0.05) is 12.2 Å². The Morgan fingerprint density at radius 2 is 1.96 bits per heavy atom. The highest BCUT2D eigenvalue weighted by Gasteiger charge is 2.12. The molecule has 0 saturated carbocycles. The SMILES string of the molecule is CC(C)n1cnnc1-c1cccc(Nc2cccc3cc[nH]c(=O)c23)n1. The highest BCUT2D eigenvalue weighted by molar-refractivity contribution is 5.94. The van der Waals surface area contributed by atoms with Crippen molar-refractivity contribution in [1.82, 2.24) is 24.7 Å². The van der Waals surface area contributed by atoms with Gasteiger partial charge in [-0.2, -0.15) is 0 Å². The zero-order valence-electron chi connectivity index (χ0n) is 14.5. The minimum absolute atomic E-state index is 0.138. The Balaban J connectivity index is 1.75. The van der Waals surface area contributed by atoms with Crippen LogP contribution in [-0.4, -0.2) is 24.7 Å². The van der Waals surface area contributed by atoms with E-state index in [0.29, 0.717) is 22.7 Å². The third-order valence-electron chi connectivity index (χ3n) is 4.17. The van der Waals surface area contributed by atoms with Crippen LogP contribution in [0, 0.1) is 0 Å². The molecule has 0 spiro atoms. The highest BCUT2D eigenvalue weighted by atomic mass is 16.1. The average molecular weight is 346 g/mol. The van der Waals surface area contributed by atoms with E-state index in [0.717, 1.165) is 11.1 Å². The number of hydrogen-bond donors (Lipinski definition) is 2. The van der Waals surface area contributed by atoms with Crippen LogP contribution in [0.3, 0.4) is 0 Å². The predicted molar refractivity (Wildman–Crippen MR) is 101 cm³/mol. The van der Waals surface area contributed by atoms with Crippen molar-refractivity contribution in [2.24, 2.45) is 0 Å². The monoisotopic (exact) mass is 346 g/mol. The number of aromatic amines is 1. The Morgan fingerprint density at radius 3 is 2.81 bits per heavy atom. The van der Waals surface area contributed by atoms with Crippen LogP contribution in [0.1, 0.15) is 19.9 Å². The fraction of sp³-hybridized carbons (Fsp3) is 0.158. The van der Waals surface area contributed by atoms with Gasteiger partial charge in [0.1, 0.15) is 17.8 Å². The van der Waals surface area contributed by atoms with Gasteiger partial charge in [-0.1, -0.05) is 18.2 Å². The molecule has 3 heterocycles. The lowest BCUT2D eigenvalue weighted by Crippen LogP contribution is -2.08. The number of nitrogens with zero attached hydrogens (tertiary/aromatic N) is 4. The Kier molecular flexibility index (Phi) is 3.96. The Morgan fingerprint density at radius 1 is 1.12 bits per heavy atom. The molecule has 0 radical (unpaired) electrons. The van der Waals surface area contributed by atoms with Crippen molar-refractivity contribution < 1.29 is 0 Å². The topological polar surface area (TPSA) is 88.5 Å². The summed E-state index contributed by atoms with van der Waals surface area (Å²) in [5.41, 5.74) is 1.29. The molecule has 0 aliphatic rings. The van der Waals surface area contributed by atoms with Gasteiger partial charge in [0.05, 0.1) is 11.1 Å². The molecule has 0 aliphatic heterocycles. The number of rotatable bonds is 4. The van der Waals surface area contributed by atoms with E-state index in [4.69, 9.17) is 0 Å². The molecule has 7 heteroatoms. The number of anilines is 2. The van der Waals surface area contributed by atoms with Gasteiger partial charge in [0.25, 0.3) is 5.56 Å². The summed E-state index contributed by atoms with van der Waals surface area (Å²) in [6, 6.07) is 13.4. The number of nitrogens with one attached hydrogen (secondary N) is 2. The number of fused-ring (bicyclic) bond motifs is 1. The van der Waals surface area contributed by atoms with E-state index in [9.17, 15) is 4.79 Å². The van der Waals surface area contributed by atoms with Crippen LogP contribution >= 0.6 is 0 Å². The summed E-state index contributed by atoms with van der Waals surface area (Å²) >= 11 is 0. The average Bonchev–Trinajstić information content (AvgIpc) is 3.12. The van der Waals surface area contributed by atoms with E-state index < -0.39 is 0 Å². The smallest absolute Gasteiger partial charge is 0.257 e. The maximum atomic E-state index is 12.2. The predicted octanol–water partition coefficient (Wildman–Crippen LogP) is 3.51. The number of benzene rings is 1. The molecule has 0 unspecified atom stereocenters. The van der Waals surface area contributed by atoms with Crippen LogP contribution in [-0.2, 0) is 0 Å². The molecule has 7 nitrogen and oxygen atoms in total. The second-order valence-corrected chi connectivity index (χ2v) is 6.27. The number of hydrogen-bond acceptors (Lipinski definition) is 5. The van der Waals surface area contributed by atoms with Crippen LogP contribution in [0.4, 0.5) is 11.5 Å². The molecule has 0 bridgehead atoms. The van der Waals surface area contributed by atoms with Crippen molar-refractivity contribution in [3.63, 3.8) is 0 Å². The maximum Gasteiger partial charge on any atom is 0.257 e. The van der Waals surface area contributed by atoms with E-state index in [1.165, 1.54) is 0 Å². The van der Waals surface area contributed by atoms with E-state index in [1.54, 1.807) is 12.5 Å². The molecule has 4 rings (SSSR count). The lowest BCUT2D eigenvalue weighted by Gasteiger charge is -2.12. The second-order valence-electron chi connectivity index (χ2n) is 6.27. The Bertz CT molecular complexity index is 1120. The van der Waals surface area contributed by atoms with Gasteiger partial charge in [-0.15, -0.1) is 10.2 Å². The van der Waals surface area contributed by atoms with Gasteiger partial charge in [-0.05, 0) is 43.5 Å². The van der Waals surface area contributed by atoms with Crippen molar-refractivity contribution in [1.29, 1.82) is 0 Å². The molecule has 0 amide bonds. The molecule has 1 aromatic carbocycles. The molecule has 3 aromatic heterocycles. The lowest BCUT2D eigenvalue weighted by atomic mass is 10.1. The van der Waals surface area contributed by atoms with Crippen molar-refractivity contribution in [3.8, 4) is 11.5 Å². The molecule has 2 N–H and O–H groups in total. The highest BCUT2D eigenvalue weighted by Crippen LogP contribution is 2.25. The van der Waals surface area contributed by atoms with Crippen LogP contribution in [0.25, 0.3) is 22.3 Å². The third kappa shape index (κ3) is 2.83. The molecular weight excluding hydrogens is 328 g/mol. The van der Waals surface area contributed by atoms with Crippen molar-refractivity contribution in [2.45, 2.75) is 19.9 Å². The van der Waals surface area contributed by atoms with E-state index in [2.05, 4.69) is 39.3 Å². The molecule has 4 aromatic rings. The number of aromatic nitrogens is 5. The lowest BCUT2D eigenvalue weighted by molar-refractivity contribution is 0.603. The quantitative estimate of drug-likeness (QED) is 0.590. The molecule has 0 atom stereocenters. The summed E-state index contributed by atoms with van der Waals surface area (Å²) in [7, 11) is 0. The van der Waals surface area contributed by atoms with E-state index in [1.807, 2.05) is 47.0 Å². The molecule has 0 fully saturated rings. The summed E-state index contributed by atoms with van der Waals surface area (Å²) in [5, 5.41) is 12.9. The van der Waals surface area contributed by atoms with E-state index >= 15 is 0 Å². The van der Waals surface area contributed by atoms with Crippen LogP contribution in [0.5, 0.6) is 0 Å². The fourth-order valence-electron chi connectivity index (χ4n) is 2.92. The molecular formula is C19H18N6O. The fourth-order valence-corrected chi connectivity index (χ4v) is 2.92. The van der Waals surface area contributed by atoms with Crippen molar-refractivity contribution in [2.75, 3.05) is 5.32 Å². The van der Waals surface area contributed by atoms with Crippen LogP contribution in [0.15, 0.2) is 59.8 Å². The Labute approximate surface area is 149 Å². The number of pyridine rings is 2. The van der Waals surface area contributed by atoms with Crippen molar-refractivity contribution >= 4 is 22.3 Å². The molecule has 0 saturated heterocycles. The zero-order chi connectivity index (χ0) is 18.1. The van der Waals surface area contributed by atoms with Gasteiger partial charge in [-0.25, -0.2) is 4.98 Å². The minimum Gasteiger partial charge on any atom is -0.340 e. The van der Waals surface area contributed by atoms with Gasteiger partial charge in [-0.3, -0.25) is 4.79 Å². The van der Waals surface area contributed by atoms with Gasteiger partial charge >= 0.3 is 0 Å². The van der Waals surface area contributed by atoms with Crippen molar-refractivity contribution in [3.05, 3.63) is 65.3 Å². The minimum atomic E-state index is -0.138. The standard InChI is InChI=1S/C19H18N6O/c1-12(2)25-11-21-24-18(25)15-7-4-8-16(23-15)22-14-6-3-5-13-9-10-20-19(26)17(13)14/h3-12H,1-2H3,(H,20,26)(H,22,23). The number of H-pyrrole nitrogens is 1. The molecule has 0 aliphatic carbocycles. The van der Waals surface area contributed by atoms with Gasteiger partial charge in [0.15, 0.2) is 5.82 Å². The normalized spacial score (nSPS) is 11.2. The van der Waals surface area contributed by atoms with Crippen LogP contribution in [0.2, 0.25) is 0 Å². The van der Waals surface area contributed by atoms with Crippen LogP contribution < -0.4 is 10.9 Å². The third-order valence-corrected chi connectivity index (χ3v) is 4.17. The summed E-state index contributed by atoms with van der Waals surface area (Å²) in [4.78, 5) is 19.6. The molecule has 26 heavy (non-hydrogen) atoms. The summed E-state index contributed by atoms with van der Waals surface area (Å²) in [6.45, 7) is 4.13. The first-order valence-corrected chi connectivity index (χ1v) is 8.38. The zero-order valence-corrected chi connectivity index (χ0v) is 14.5. The first-order chi connectivity index (χ1) is 12.6. The first kappa shape index (κ1) is 16.0. The second kappa shape index (κ2) is 6.44. The summed E-state index contributed by atoms with van der Waals surface area (Å²) in [5.74, 6) is 1.34. The van der Waals surface area contributed by atoms with Gasteiger partial charge in [0.2, 0.25) is 0 Å². The summed E-state index contributed by atoms with van der Waals surface area (Å²) in [6.07, 6.45) is 3.35. The Hall–Kier alpha value is -3.48. The maximum absolute atomic E-state index is 12.2.